The fourth-order valence-electron chi connectivity index (χ4n) is 2.11. The van der Waals surface area contributed by atoms with Crippen LogP contribution in [0.4, 0.5) is 0 Å². The van der Waals surface area contributed by atoms with E-state index in [2.05, 4.69) is 4.72 Å². The van der Waals surface area contributed by atoms with Gasteiger partial charge in [0.2, 0.25) is 10.0 Å². The summed E-state index contributed by atoms with van der Waals surface area (Å²) >= 11 is 11.8. The molecule has 1 N–H and O–H groups in total. The van der Waals surface area contributed by atoms with Gasteiger partial charge in [0.15, 0.2) is 11.5 Å². The Labute approximate surface area is 157 Å². The molecule has 0 radical (unpaired) electrons. The van der Waals surface area contributed by atoms with Crippen molar-refractivity contribution >= 4 is 33.2 Å². The van der Waals surface area contributed by atoms with Crippen molar-refractivity contribution in [3.8, 4) is 11.5 Å². The van der Waals surface area contributed by atoms with Crippen molar-refractivity contribution in [3.63, 3.8) is 0 Å². The second-order valence-corrected chi connectivity index (χ2v) is 8.13. The van der Waals surface area contributed by atoms with Crippen LogP contribution in [-0.4, -0.2) is 21.6 Å². The van der Waals surface area contributed by atoms with E-state index in [-0.39, 0.29) is 22.6 Å². The third-order valence-corrected chi connectivity index (χ3v) is 5.36. The van der Waals surface area contributed by atoms with Crippen LogP contribution in [-0.2, 0) is 16.6 Å². The van der Waals surface area contributed by atoms with Crippen LogP contribution in [0.5, 0.6) is 11.5 Å². The fourth-order valence-corrected chi connectivity index (χ4v) is 3.89. The number of nitrogens with one attached hydrogen (secondary N) is 1. The molecule has 136 valence electrons. The lowest BCUT2D eigenvalue weighted by Crippen LogP contribution is -2.23. The Morgan fingerprint density at radius 1 is 1.08 bits per heavy atom. The van der Waals surface area contributed by atoms with E-state index in [4.69, 9.17) is 32.7 Å². The number of methoxy groups -OCH3 is 1. The van der Waals surface area contributed by atoms with Gasteiger partial charge in [0, 0.05) is 11.6 Å². The number of rotatable bonds is 7. The molecule has 0 atom stereocenters. The zero-order valence-corrected chi connectivity index (χ0v) is 16.4. The van der Waals surface area contributed by atoms with Crippen LogP contribution in [0, 0.1) is 0 Å². The molecule has 0 fully saturated rings. The van der Waals surface area contributed by atoms with Gasteiger partial charge >= 0.3 is 0 Å². The molecule has 0 heterocycles. The topological polar surface area (TPSA) is 64.6 Å². The second kappa shape index (κ2) is 8.27. The van der Waals surface area contributed by atoms with Gasteiger partial charge in [-0.2, -0.15) is 0 Å². The van der Waals surface area contributed by atoms with Crippen LogP contribution < -0.4 is 14.2 Å². The van der Waals surface area contributed by atoms with Crippen molar-refractivity contribution in [2.45, 2.75) is 31.4 Å². The van der Waals surface area contributed by atoms with E-state index >= 15 is 0 Å². The van der Waals surface area contributed by atoms with Gasteiger partial charge < -0.3 is 9.47 Å². The molecule has 0 aliphatic heterocycles. The third-order valence-electron chi connectivity index (χ3n) is 3.24. The van der Waals surface area contributed by atoms with Crippen LogP contribution in [0.15, 0.2) is 41.3 Å². The van der Waals surface area contributed by atoms with Gasteiger partial charge in [-0.25, -0.2) is 13.1 Å². The average Bonchev–Trinajstić information content (AvgIpc) is 2.55. The maximum Gasteiger partial charge on any atom is 0.242 e. The quantitative estimate of drug-likeness (QED) is 0.749. The lowest BCUT2D eigenvalue weighted by atomic mass is 10.2. The molecule has 0 saturated carbocycles. The fraction of sp³-hybridized carbons (Fsp3) is 0.294. The van der Waals surface area contributed by atoms with Gasteiger partial charge in [0.05, 0.1) is 18.2 Å². The minimum atomic E-state index is -3.80. The molecule has 0 bridgehead atoms. The standard InChI is InChI=1S/C17H19Cl2NO4S/c1-11(2)24-15-7-4-12(8-16(15)23-3)10-20-25(21,22)17-9-13(18)5-6-14(17)19/h4-9,11,20H,10H2,1-3H3. The zero-order valence-electron chi connectivity index (χ0n) is 14.0. The van der Waals surface area contributed by atoms with Gasteiger partial charge in [0.1, 0.15) is 4.90 Å². The van der Waals surface area contributed by atoms with Crippen LogP contribution in [0.3, 0.4) is 0 Å². The van der Waals surface area contributed by atoms with Crippen LogP contribution >= 0.6 is 23.2 Å². The molecule has 25 heavy (non-hydrogen) atoms. The molecular formula is C17H19Cl2NO4S. The molecule has 0 unspecified atom stereocenters. The summed E-state index contributed by atoms with van der Waals surface area (Å²) in [6, 6.07) is 9.52. The minimum Gasteiger partial charge on any atom is -0.493 e. The van der Waals surface area contributed by atoms with Gasteiger partial charge in [-0.15, -0.1) is 0 Å². The van der Waals surface area contributed by atoms with E-state index < -0.39 is 10.0 Å². The first kappa shape index (κ1) is 19.8. The lowest BCUT2D eigenvalue weighted by Gasteiger charge is -2.15. The summed E-state index contributed by atoms with van der Waals surface area (Å²) in [5.74, 6) is 1.13. The number of hydrogen-bond donors (Lipinski definition) is 1. The molecule has 0 aromatic heterocycles. The first-order valence-electron chi connectivity index (χ1n) is 7.51. The van der Waals surface area contributed by atoms with Crippen LogP contribution in [0.1, 0.15) is 19.4 Å². The lowest BCUT2D eigenvalue weighted by molar-refractivity contribution is 0.230. The zero-order chi connectivity index (χ0) is 18.6. The number of sulfonamides is 1. The highest BCUT2D eigenvalue weighted by Gasteiger charge is 2.18. The number of ether oxygens (including phenoxy) is 2. The predicted octanol–water partition coefficient (Wildman–Crippen LogP) is 4.27. The Hall–Kier alpha value is -1.47. The van der Waals surface area contributed by atoms with E-state index in [1.807, 2.05) is 13.8 Å². The molecule has 0 spiro atoms. The van der Waals surface area contributed by atoms with Gasteiger partial charge in [-0.3, -0.25) is 0 Å². The van der Waals surface area contributed by atoms with Crippen molar-refractivity contribution in [3.05, 3.63) is 52.0 Å². The minimum absolute atomic E-state index is 0.00298. The molecule has 2 rings (SSSR count). The van der Waals surface area contributed by atoms with Gasteiger partial charge in [0.25, 0.3) is 0 Å². The Morgan fingerprint density at radius 2 is 1.80 bits per heavy atom. The first-order chi connectivity index (χ1) is 11.7. The molecule has 0 saturated heterocycles. The monoisotopic (exact) mass is 403 g/mol. The average molecular weight is 404 g/mol. The van der Waals surface area contributed by atoms with Gasteiger partial charge in [-0.1, -0.05) is 29.3 Å². The highest BCUT2D eigenvalue weighted by molar-refractivity contribution is 7.89. The van der Waals surface area contributed by atoms with Crippen LogP contribution in [0.25, 0.3) is 0 Å². The van der Waals surface area contributed by atoms with E-state index in [0.717, 1.165) is 5.56 Å². The molecule has 0 aliphatic rings. The summed E-state index contributed by atoms with van der Waals surface area (Å²) in [4.78, 5) is -0.0617. The Bertz CT molecular complexity index is 854. The molecule has 0 amide bonds. The summed E-state index contributed by atoms with van der Waals surface area (Å²) in [6.07, 6.45) is 0.00298. The molecular weight excluding hydrogens is 385 g/mol. The summed E-state index contributed by atoms with van der Waals surface area (Å²) in [6.45, 7) is 3.90. The van der Waals surface area contributed by atoms with Crippen LogP contribution in [0.2, 0.25) is 10.0 Å². The van der Waals surface area contributed by atoms with E-state index in [9.17, 15) is 8.42 Å². The number of hydrogen-bond acceptors (Lipinski definition) is 4. The summed E-state index contributed by atoms with van der Waals surface area (Å²) in [5, 5.41) is 0.400. The van der Waals surface area contributed by atoms with E-state index in [0.29, 0.717) is 16.5 Å². The Kier molecular flexibility index (Phi) is 6.57. The normalized spacial score (nSPS) is 11.6. The van der Waals surface area contributed by atoms with Crippen molar-refractivity contribution in [2.24, 2.45) is 0 Å². The van der Waals surface area contributed by atoms with Crippen molar-refractivity contribution < 1.29 is 17.9 Å². The smallest absolute Gasteiger partial charge is 0.242 e. The Morgan fingerprint density at radius 3 is 2.44 bits per heavy atom. The molecule has 2 aromatic carbocycles. The largest absolute Gasteiger partial charge is 0.493 e. The second-order valence-electron chi connectivity index (χ2n) is 5.55. The van der Waals surface area contributed by atoms with Crippen molar-refractivity contribution in [1.82, 2.24) is 4.72 Å². The maximum absolute atomic E-state index is 12.4. The maximum atomic E-state index is 12.4. The predicted molar refractivity (Wildman–Crippen MR) is 99.2 cm³/mol. The molecule has 2 aromatic rings. The molecule has 0 aliphatic carbocycles. The Balaban J connectivity index is 2.19. The van der Waals surface area contributed by atoms with E-state index in [1.54, 1.807) is 18.2 Å². The highest BCUT2D eigenvalue weighted by Crippen LogP contribution is 2.29. The van der Waals surface area contributed by atoms with Crippen molar-refractivity contribution in [1.29, 1.82) is 0 Å². The highest BCUT2D eigenvalue weighted by atomic mass is 35.5. The summed E-state index contributed by atoms with van der Waals surface area (Å²) in [5.41, 5.74) is 0.717. The molecule has 5 nitrogen and oxygen atoms in total. The number of halogens is 2. The third kappa shape index (κ3) is 5.25. The SMILES string of the molecule is COc1cc(CNS(=O)(=O)c2cc(Cl)ccc2Cl)ccc1OC(C)C. The molecule has 8 heteroatoms. The first-order valence-corrected chi connectivity index (χ1v) is 9.75. The van der Waals surface area contributed by atoms with Crippen molar-refractivity contribution in [2.75, 3.05) is 7.11 Å². The number of benzene rings is 2. The van der Waals surface area contributed by atoms with E-state index in [1.165, 1.54) is 25.3 Å². The summed E-state index contributed by atoms with van der Waals surface area (Å²) in [7, 11) is -2.27. The summed E-state index contributed by atoms with van der Waals surface area (Å²) < 4.78 is 38.3. The van der Waals surface area contributed by atoms with Gasteiger partial charge in [-0.05, 0) is 49.7 Å².